The smallest absolute Gasteiger partial charge is 0.201 e. The zero-order valence-electron chi connectivity index (χ0n) is 9.52. The predicted molar refractivity (Wildman–Crippen MR) is 75.4 cm³/mol. The highest BCUT2D eigenvalue weighted by Crippen LogP contribution is 2.22. The fraction of sp³-hybridized carbons (Fsp3) is 0.364. The molecule has 0 aliphatic carbocycles. The topological polar surface area (TPSA) is 60.9 Å². The average Bonchev–Trinajstić information content (AvgIpc) is 2.55. The summed E-state index contributed by atoms with van der Waals surface area (Å²) in [6.45, 7) is 0.748. The summed E-state index contributed by atoms with van der Waals surface area (Å²) in [5.41, 5.74) is 7.79. The number of aryl methyl sites for hydroxylation is 1. The van der Waals surface area contributed by atoms with Crippen molar-refractivity contribution in [2.45, 2.75) is 13.0 Å². The van der Waals surface area contributed by atoms with E-state index < -0.39 is 10.8 Å². The molecule has 0 fully saturated rings. The van der Waals surface area contributed by atoms with Gasteiger partial charge in [-0.15, -0.1) is 0 Å². The third kappa shape index (κ3) is 2.87. The first kappa shape index (κ1) is 12.6. The van der Waals surface area contributed by atoms with Crippen molar-refractivity contribution in [2.24, 2.45) is 0 Å². The molecule has 17 heavy (non-hydrogen) atoms. The molecule has 1 atom stereocenters. The van der Waals surface area contributed by atoms with Gasteiger partial charge < -0.3 is 10.3 Å². The van der Waals surface area contributed by atoms with Gasteiger partial charge in [0.2, 0.25) is 5.95 Å². The predicted octanol–water partition coefficient (Wildman–Crippen LogP) is 2.15. The van der Waals surface area contributed by atoms with Gasteiger partial charge in [-0.05, 0) is 24.6 Å². The van der Waals surface area contributed by atoms with Crippen LogP contribution in [0.25, 0.3) is 11.0 Å². The number of nitrogens with two attached hydrogens (primary N) is 1. The van der Waals surface area contributed by atoms with Crippen molar-refractivity contribution in [1.29, 1.82) is 0 Å². The Morgan fingerprint density at radius 1 is 1.53 bits per heavy atom. The van der Waals surface area contributed by atoms with Crippen LogP contribution in [0.5, 0.6) is 0 Å². The average molecular weight is 316 g/mol. The summed E-state index contributed by atoms with van der Waals surface area (Å²) in [7, 11) is -0.756. The number of benzene rings is 1. The summed E-state index contributed by atoms with van der Waals surface area (Å²) in [5, 5.41) is 0. The van der Waals surface area contributed by atoms with Gasteiger partial charge in [0.05, 0.1) is 11.0 Å². The van der Waals surface area contributed by atoms with Gasteiger partial charge in [0.1, 0.15) is 0 Å². The summed E-state index contributed by atoms with van der Waals surface area (Å²) in [6, 6.07) is 5.88. The second-order valence-electron chi connectivity index (χ2n) is 3.89. The SMILES string of the molecule is CS(=O)CCCn1c(N)nc2ccc(Br)cc21. The number of aromatic nitrogens is 2. The van der Waals surface area contributed by atoms with Crippen molar-refractivity contribution in [3.05, 3.63) is 22.7 Å². The molecule has 2 rings (SSSR count). The number of anilines is 1. The third-order valence-corrected chi connectivity index (χ3v) is 3.91. The van der Waals surface area contributed by atoms with E-state index in [1.54, 1.807) is 6.26 Å². The number of nitrogens with zero attached hydrogens (tertiary/aromatic N) is 2. The summed E-state index contributed by atoms with van der Waals surface area (Å²) >= 11 is 3.44. The van der Waals surface area contributed by atoms with E-state index in [9.17, 15) is 4.21 Å². The first-order valence-electron chi connectivity index (χ1n) is 5.29. The van der Waals surface area contributed by atoms with Crippen molar-refractivity contribution in [2.75, 3.05) is 17.7 Å². The van der Waals surface area contributed by atoms with Gasteiger partial charge >= 0.3 is 0 Å². The molecule has 1 aromatic carbocycles. The summed E-state index contributed by atoms with van der Waals surface area (Å²) < 4.78 is 14.0. The molecule has 2 N–H and O–H groups in total. The molecule has 1 aromatic heterocycles. The van der Waals surface area contributed by atoms with Crippen molar-refractivity contribution in [3.8, 4) is 0 Å². The third-order valence-electron chi connectivity index (χ3n) is 2.55. The lowest BCUT2D eigenvalue weighted by atomic mass is 10.3. The van der Waals surface area contributed by atoms with Crippen LogP contribution in [0.3, 0.4) is 0 Å². The molecule has 0 amide bonds. The largest absolute Gasteiger partial charge is 0.369 e. The highest BCUT2D eigenvalue weighted by atomic mass is 79.9. The van der Waals surface area contributed by atoms with E-state index in [4.69, 9.17) is 5.73 Å². The normalized spacial score (nSPS) is 13.1. The van der Waals surface area contributed by atoms with Crippen LogP contribution >= 0.6 is 15.9 Å². The Kier molecular flexibility index (Phi) is 3.83. The van der Waals surface area contributed by atoms with E-state index in [0.717, 1.165) is 28.5 Å². The molecule has 0 radical (unpaired) electrons. The second-order valence-corrected chi connectivity index (χ2v) is 6.36. The Balaban J connectivity index is 2.28. The van der Waals surface area contributed by atoms with Gasteiger partial charge in [0, 0.05) is 33.8 Å². The molecule has 0 bridgehead atoms. The number of halogens is 1. The molecule has 0 aliphatic rings. The minimum Gasteiger partial charge on any atom is -0.369 e. The van der Waals surface area contributed by atoms with Crippen LogP contribution in [0.1, 0.15) is 6.42 Å². The van der Waals surface area contributed by atoms with E-state index >= 15 is 0 Å². The lowest BCUT2D eigenvalue weighted by Crippen LogP contribution is -2.06. The van der Waals surface area contributed by atoms with Crippen molar-refractivity contribution in [1.82, 2.24) is 9.55 Å². The van der Waals surface area contributed by atoms with Gasteiger partial charge in [0.15, 0.2) is 0 Å². The molecule has 0 aliphatic heterocycles. The first-order valence-corrected chi connectivity index (χ1v) is 7.81. The van der Waals surface area contributed by atoms with Crippen molar-refractivity contribution in [3.63, 3.8) is 0 Å². The minimum absolute atomic E-state index is 0.514. The van der Waals surface area contributed by atoms with Gasteiger partial charge in [-0.25, -0.2) is 4.98 Å². The highest BCUT2D eigenvalue weighted by molar-refractivity contribution is 9.10. The Morgan fingerprint density at radius 3 is 3.00 bits per heavy atom. The van der Waals surface area contributed by atoms with E-state index in [0.29, 0.717) is 11.7 Å². The van der Waals surface area contributed by atoms with Crippen LogP contribution < -0.4 is 5.73 Å². The fourth-order valence-electron chi connectivity index (χ4n) is 1.78. The Hall–Kier alpha value is -0.880. The number of rotatable bonds is 4. The van der Waals surface area contributed by atoms with Gasteiger partial charge in [0.25, 0.3) is 0 Å². The summed E-state index contributed by atoms with van der Waals surface area (Å²) in [6.07, 6.45) is 2.55. The monoisotopic (exact) mass is 315 g/mol. The van der Waals surface area contributed by atoms with Gasteiger partial charge in [-0.3, -0.25) is 4.21 Å². The van der Waals surface area contributed by atoms with Gasteiger partial charge in [-0.2, -0.15) is 0 Å². The molecule has 2 aromatic rings. The Morgan fingerprint density at radius 2 is 2.29 bits per heavy atom. The van der Waals surface area contributed by atoms with Crippen LogP contribution in [0.4, 0.5) is 5.95 Å². The highest BCUT2D eigenvalue weighted by Gasteiger charge is 2.08. The molecule has 6 heteroatoms. The van der Waals surface area contributed by atoms with Crippen molar-refractivity contribution < 1.29 is 4.21 Å². The first-order chi connectivity index (χ1) is 8.08. The fourth-order valence-corrected chi connectivity index (χ4v) is 2.66. The van der Waals surface area contributed by atoms with E-state index in [2.05, 4.69) is 20.9 Å². The maximum absolute atomic E-state index is 11.0. The van der Waals surface area contributed by atoms with Crippen LogP contribution in [-0.2, 0) is 17.3 Å². The summed E-state index contributed by atoms with van der Waals surface area (Å²) in [5.74, 6) is 1.20. The minimum atomic E-state index is -0.756. The number of imidazole rings is 1. The molecule has 92 valence electrons. The standard InChI is InChI=1S/C11H14BrN3OS/c1-17(16)6-2-5-15-10-7-8(12)3-4-9(10)14-11(15)13/h3-4,7H,2,5-6H2,1H3,(H2,13,14). The molecule has 0 saturated heterocycles. The quantitative estimate of drug-likeness (QED) is 0.940. The zero-order chi connectivity index (χ0) is 12.4. The van der Waals surface area contributed by atoms with Crippen molar-refractivity contribution >= 4 is 43.7 Å². The second kappa shape index (κ2) is 5.18. The van der Waals surface area contributed by atoms with E-state index in [-0.39, 0.29) is 0 Å². The Bertz CT molecular complexity index is 567. The Labute approximate surface area is 111 Å². The number of hydrogen-bond donors (Lipinski definition) is 1. The van der Waals surface area contributed by atoms with Crippen LogP contribution in [-0.4, -0.2) is 25.8 Å². The lowest BCUT2D eigenvalue weighted by Gasteiger charge is -2.05. The number of hydrogen-bond acceptors (Lipinski definition) is 3. The molecule has 0 spiro atoms. The van der Waals surface area contributed by atoms with E-state index in [1.807, 2.05) is 22.8 Å². The molecule has 0 saturated carbocycles. The van der Waals surface area contributed by atoms with E-state index in [1.165, 1.54) is 0 Å². The lowest BCUT2D eigenvalue weighted by molar-refractivity contribution is 0.671. The molecular formula is C11H14BrN3OS. The molecule has 1 unspecified atom stereocenters. The van der Waals surface area contributed by atoms with Gasteiger partial charge in [-0.1, -0.05) is 15.9 Å². The van der Waals surface area contributed by atoms with Crippen LogP contribution in [0.2, 0.25) is 0 Å². The number of fused-ring (bicyclic) bond motifs is 1. The number of nitrogen functional groups attached to an aromatic ring is 1. The maximum Gasteiger partial charge on any atom is 0.201 e. The zero-order valence-corrected chi connectivity index (χ0v) is 11.9. The maximum atomic E-state index is 11.0. The van der Waals surface area contributed by atoms with Crippen LogP contribution in [0, 0.1) is 0 Å². The summed E-state index contributed by atoms with van der Waals surface area (Å²) in [4.78, 5) is 4.30. The molecular weight excluding hydrogens is 302 g/mol. The van der Waals surface area contributed by atoms with Crippen LogP contribution in [0.15, 0.2) is 22.7 Å². The molecule has 1 heterocycles. The molecule has 4 nitrogen and oxygen atoms in total.